The molecule has 1 aromatic rings. The zero-order valence-corrected chi connectivity index (χ0v) is 10.3. The maximum Gasteiger partial charge on any atom is 0.303 e. The Morgan fingerprint density at radius 1 is 1.33 bits per heavy atom. The van der Waals surface area contributed by atoms with Gasteiger partial charge in [0.05, 0.1) is 0 Å². The van der Waals surface area contributed by atoms with Gasteiger partial charge >= 0.3 is 5.97 Å². The number of hydrogen-bond acceptors (Lipinski definition) is 3. The van der Waals surface area contributed by atoms with E-state index in [9.17, 15) is 9.59 Å². The van der Waals surface area contributed by atoms with Crippen molar-refractivity contribution >= 4 is 11.9 Å². The van der Waals surface area contributed by atoms with E-state index in [1.165, 1.54) is 0 Å². The van der Waals surface area contributed by atoms with Crippen molar-refractivity contribution < 1.29 is 19.4 Å². The normalized spacial score (nSPS) is 11.6. The summed E-state index contributed by atoms with van der Waals surface area (Å²) >= 11 is 0. The highest BCUT2D eigenvalue weighted by Crippen LogP contribution is 2.10. The molecule has 5 nitrogen and oxygen atoms in total. The Kier molecular flexibility index (Phi) is 5.70. The fourth-order valence-electron chi connectivity index (χ4n) is 1.35. The highest BCUT2D eigenvalue weighted by molar-refractivity contribution is 5.80. The van der Waals surface area contributed by atoms with Gasteiger partial charge in [0.1, 0.15) is 5.75 Å². The summed E-state index contributed by atoms with van der Waals surface area (Å²) in [6.45, 7) is 1.99. The highest BCUT2D eigenvalue weighted by Gasteiger charge is 2.13. The fraction of sp³-hybridized carbons (Fsp3) is 0.385. The Morgan fingerprint density at radius 2 is 2.00 bits per heavy atom. The van der Waals surface area contributed by atoms with Crippen LogP contribution in [0.2, 0.25) is 0 Å². The minimum Gasteiger partial charge on any atom is -0.481 e. The second-order valence-electron chi connectivity index (χ2n) is 3.86. The van der Waals surface area contributed by atoms with Crippen molar-refractivity contribution in [2.45, 2.75) is 25.9 Å². The third-order valence-corrected chi connectivity index (χ3v) is 2.29. The molecule has 0 fully saturated rings. The average Bonchev–Trinajstić information content (AvgIpc) is 2.35. The molecule has 0 aliphatic heterocycles. The van der Waals surface area contributed by atoms with Gasteiger partial charge in [-0.1, -0.05) is 18.2 Å². The van der Waals surface area contributed by atoms with Crippen LogP contribution in [0.5, 0.6) is 5.75 Å². The van der Waals surface area contributed by atoms with Gasteiger partial charge in [0.15, 0.2) is 6.10 Å². The summed E-state index contributed by atoms with van der Waals surface area (Å²) in [5.74, 6) is -0.479. The van der Waals surface area contributed by atoms with Gasteiger partial charge in [-0.15, -0.1) is 0 Å². The predicted octanol–water partition coefficient (Wildman–Crippen LogP) is 1.43. The Morgan fingerprint density at radius 3 is 2.61 bits per heavy atom. The van der Waals surface area contributed by atoms with Crippen molar-refractivity contribution in [3.8, 4) is 5.75 Å². The Bertz CT molecular complexity index is 391. The molecule has 98 valence electrons. The molecule has 0 spiro atoms. The fourth-order valence-corrected chi connectivity index (χ4v) is 1.35. The number of carboxylic acid groups (broad SMARTS) is 1. The molecule has 5 heteroatoms. The number of aliphatic carboxylic acids is 1. The molecule has 1 rings (SSSR count). The van der Waals surface area contributed by atoms with Crippen LogP contribution in [-0.4, -0.2) is 29.6 Å². The lowest BCUT2D eigenvalue weighted by atomic mass is 10.3. The van der Waals surface area contributed by atoms with Crippen LogP contribution in [0.3, 0.4) is 0 Å². The topological polar surface area (TPSA) is 75.6 Å². The van der Waals surface area contributed by atoms with E-state index in [1.807, 2.05) is 18.2 Å². The molecule has 0 heterocycles. The van der Waals surface area contributed by atoms with Crippen molar-refractivity contribution in [2.24, 2.45) is 0 Å². The first-order chi connectivity index (χ1) is 8.59. The number of carbonyl (C=O) groups is 2. The Hall–Kier alpha value is -2.04. The van der Waals surface area contributed by atoms with Crippen LogP contribution in [0.4, 0.5) is 0 Å². The third-order valence-electron chi connectivity index (χ3n) is 2.29. The predicted molar refractivity (Wildman–Crippen MR) is 66.4 cm³/mol. The first-order valence-electron chi connectivity index (χ1n) is 5.81. The van der Waals surface area contributed by atoms with Crippen LogP contribution < -0.4 is 10.1 Å². The summed E-state index contributed by atoms with van der Waals surface area (Å²) in [5, 5.41) is 11.1. The standard InChI is InChI=1S/C13H17NO4/c1-10(18-11-6-3-2-4-7-11)13(17)14-9-5-8-12(15)16/h2-4,6-7,10H,5,8-9H2,1H3,(H,14,17)(H,15,16)/t10-/m0/s1. The number of carbonyl (C=O) groups excluding carboxylic acids is 1. The van der Waals surface area contributed by atoms with Crippen LogP contribution in [-0.2, 0) is 9.59 Å². The molecule has 0 radical (unpaired) electrons. The number of nitrogens with one attached hydrogen (secondary N) is 1. The summed E-state index contributed by atoms with van der Waals surface area (Å²) in [7, 11) is 0. The molecule has 0 bridgehead atoms. The molecule has 0 aliphatic rings. The smallest absolute Gasteiger partial charge is 0.303 e. The van der Waals surface area contributed by atoms with E-state index in [1.54, 1.807) is 19.1 Å². The number of rotatable bonds is 7. The average molecular weight is 251 g/mol. The molecule has 2 N–H and O–H groups in total. The largest absolute Gasteiger partial charge is 0.481 e. The van der Waals surface area contributed by atoms with Crippen molar-refractivity contribution in [3.63, 3.8) is 0 Å². The molecule has 18 heavy (non-hydrogen) atoms. The second kappa shape index (κ2) is 7.32. The van der Waals surface area contributed by atoms with E-state index in [-0.39, 0.29) is 12.3 Å². The molecule has 0 saturated heterocycles. The van der Waals surface area contributed by atoms with Crippen LogP contribution in [0.1, 0.15) is 19.8 Å². The SMILES string of the molecule is C[C@H](Oc1ccccc1)C(=O)NCCCC(=O)O. The maximum absolute atomic E-state index is 11.6. The lowest BCUT2D eigenvalue weighted by Gasteiger charge is -2.14. The third kappa shape index (κ3) is 5.34. The summed E-state index contributed by atoms with van der Waals surface area (Å²) < 4.78 is 5.43. The van der Waals surface area contributed by atoms with Crippen LogP contribution in [0.25, 0.3) is 0 Å². The number of amides is 1. The van der Waals surface area contributed by atoms with E-state index in [0.717, 1.165) is 0 Å². The van der Waals surface area contributed by atoms with Gasteiger partial charge in [0, 0.05) is 13.0 Å². The number of para-hydroxylation sites is 1. The van der Waals surface area contributed by atoms with Gasteiger partial charge in [-0.25, -0.2) is 0 Å². The van der Waals surface area contributed by atoms with Gasteiger partial charge in [0.25, 0.3) is 5.91 Å². The summed E-state index contributed by atoms with van der Waals surface area (Å²) in [4.78, 5) is 21.9. The highest BCUT2D eigenvalue weighted by atomic mass is 16.5. The van der Waals surface area contributed by atoms with E-state index in [0.29, 0.717) is 18.7 Å². The zero-order valence-electron chi connectivity index (χ0n) is 10.3. The Labute approximate surface area is 106 Å². The van der Waals surface area contributed by atoms with Crippen molar-refractivity contribution in [3.05, 3.63) is 30.3 Å². The molecule has 1 amide bonds. The molecule has 0 unspecified atom stereocenters. The first kappa shape index (κ1) is 14.0. The zero-order chi connectivity index (χ0) is 13.4. The van der Waals surface area contributed by atoms with E-state index in [4.69, 9.17) is 9.84 Å². The van der Waals surface area contributed by atoms with E-state index < -0.39 is 12.1 Å². The van der Waals surface area contributed by atoms with Crippen LogP contribution in [0, 0.1) is 0 Å². The van der Waals surface area contributed by atoms with Gasteiger partial charge in [-0.3, -0.25) is 9.59 Å². The van der Waals surface area contributed by atoms with E-state index in [2.05, 4.69) is 5.32 Å². The quantitative estimate of drug-likeness (QED) is 0.719. The van der Waals surface area contributed by atoms with Crippen molar-refractivity contribution in [1.82, 2.24) is 5.32 Å². The lowest BCUT2D eigenvalue weighted by Crippen LogP contribution is -2.36. The first-order valence-corrected chi connectivity index (χ1v) is 5.81. The molecule has 0 saturated carbocycles. The molecular weight excluding hydrogens is 234 g/mol. The molecule has 0 aliphatic carbocycles. The van der Waals surface area contributed by atoms with Gasteiger partial charge in [-0.2, -0.15) is 0 Å². The minimum atomic E-state index is -0.863. The van der Waals surface area contributed by atoms with Crippen molar-refractivity contribution in [1.29, 1.82) is 0 Å². The summed E-state index contributed by atoms with van der Waals surface area (Å²) in [5.41, 5.74) is 0. The molecule has 1 aromatic carbocycles. The van der Waals surface area contributed by atoms with Crippen molar-refractivity contribution in [2.75, 3.05) is 6.54 Å². The Balaban J connectivity index is 2.27. The van der Waals surface area contributed by atoms with Gasteiger partial charge in [0.2, 0.25) is 0 Å². The number of benzene rings is 1. The number of carboxylic acids is 1. The lowest BCUT2D eigenvalue weighted by molar-refractivity contribution is -0.137. The second-order valence-corrected chi connectivity index (χ2v) is 3.86. The van der Waals surface area contributed by atoms with Crippen LogP contribution in [0.15, 0.2) is 30.3 Å². The monoisotopic (exact) mass is 251 g/mol. The molecular formula is C13H17NO4. The maximum atomic E-state index is 11.6. The summed E-state index contributed by atoms with van der Waals surface area (Å²) in [6.07, 6.45) is -0.134. The number of ether oxygens (including phenoxy) is 1. The van der Waals surface area contributed by atoms with Gasteiger partial charge in [-0.05, 0) is 25.5 Å². The van der Waals surface area contributed by atoms with Crippen LogP contribution >= 0.6 is 0 Å². The van der Waals surface area contributed by atoms with E-state index >= 15 is 0 Å². The number of hydrogen-bond donors (Lipinski definition) is 2. The molecule has 0 aromatic heterocycles. The van der Waals surface area contributed by atoms with Gasteiger partial charge < -0.3 is 15.2 Å². The minimum absolute atomic E-state index is 0.0498. The molecule has 1 atom stereocenters. The summed E-state index contributed by atoms with van der Waals surface area (Å²) in [6, 6.07) is 9.06.